The van der Waals surface area contributed by atoms with E-state index < -0.39 is 16.1 Å². The lowest BCUT2D eigenvalue weighted by molar-refractivity contribution is -0.141. The molecule has 8 heteroatoms. The largest absolute Gasteiger partial charge is 0.352 e. The zero-order valence-corrected chi connectivity index (χ0v) is 24.1. The second-order valence-electron chi connectivity index (χ2n) is 10.4. The number of nitrogens with zero attached hydrogens (tertiary/aromatic N) is 2. The molecule has 3 rings (SSSR count). The summed E-state index contributed by atoms with van der Waals surface area (Å²) in [6.45, 7) is 6.35. The summed E-state index contributed by atoms with van der Waals surface area (Å²) in [5, 5.41) is 3.21. The molecule has 1 N–H and O–H groups in total. The molecule has 0 radical (unpaired) electrons. The summed E-state index contributed by atoms with van der Waals surface area (Å²) in [5.41, 5.74) is 3.55. The smallest absolute Gasteiger partial charge is 0.243 e. The number of anilines is 1. The Kier molecular flexibility index (Phi) is 10.8. The number of para-hydroxylation sites is 1. The van der Waals surface area contributed by atoms with Crippen LogP contribution < -0.4 is 9.62 Å². The van der Waals surface area contributed by atoms with Gasteiger partial charge >= 0.3 is 0 Å². The average molecular weight is 542 g/mol. The van der Waals surface area contributed by atoms with Crippen molar-refractivity contribution in [1.29, 1.82) is 0 Å². The van der Waals surface area contributed by atoms with E-state index >= 15 is 0 Å². The Hall–Kier alpha value is -2.87. The van der Waals surface area contributed by atoms with E-state index in [1.54, 1.807) is 11.0 Å². The monoisotopic (exact) mass is 541 g/mol. The minimum atomic E-state index is -3.52. The summed E-state index contributed by atoms with van der Waals surface area (Å²) in [6, 6.07) is 14.8. The van der Waals surface area contributed by atoms with Crippen LogP contribution in [0.15, 0.2) is 48.5 Å². The molecule has 0 saturated heterocycles. The molecular weight excluding hydrogens is 498 g/mol. The highest BCUT2D eigenvalue weighted by molar-refractivity contribution is 7.92. The van der Waals surface area contributed by atoms with Crippen LogP contribution in [0.25, 0.3) is 0 Å². The maximum absolute atomic E-state index is 13.7. The fraction of sp³-hybridized carbons (Fsp3) is 0.533. The lowest BCUT2D eigenvalue weighted by Gasteiger charge is -2.33. The molecule has 0 unspecified atom stereocenters. The van der Waals surface area contributed by atoms with Crippen LogP contribution in [-0.2, 0) is 26.2 Å². The quantitative estimate of drug-likeness (QED) is 0.405. The van der Waals surface area contributed by atoms with Gasteiger partial charge in [-0.1, -0.05) is 68.7 Å². The lowest BCUT2D eigenvalue weighted by atomic mass is 9.95. The minimum absolute atomic E-state index is 0.0981. The van der Waals surface area contributed by atoms with Gasteiger partial charge in [0.1, 0.15) is 6.04 Å². The van der Waals surface area contributed by atoms with Gasteiger partial charge in [-0.2, -0.15) is 0 Å². The fourth-order valence-corrected chi connectivity index (χ4v) is 6.28. The number of nitrogens with one attached hydrogen (secondary N) is 1. The number of carbonyl (C=O) groups excluding carboxylic acids is 2. The molecule has 2 aromatic carbocycles. The van der Waals surface area contributed by atoms with Crippen molar-refractivity contribution in [2.75, 3.05) is 17.1 Å². The Morgan fingerprint density at radius 2 is 1.61 bits per heavy atom. The van der Waals surface area contributed by atoms with Gasteiger partial charge in [0.15, 0.2) is 0 Å². The molecule has 38 heavy (non-hydrogen) atoms. The number of rotatable bonds is 12. The molecule has 0 spiro atoms. The number of aryl methyl sites for hydroxylation is 2. The van der Waals surface area contributed by atoms with E-state index in [-0.39, 0.29) is 30.8 Å². The Bertz CT molecular complexity index is 1190. The maximum Gasteiger partial charge on any atom is 0.243 e. The lowest BCUT2D eigenvalue weighted by Crippen LogP contribution is -2.51. The van der Waals surface area contributed by atoms with Gasteiger partial charge in [0.25, 0.3) is 0 Å². The fourth-order valence-electron chi connectivity index (χ4n) is 5.26. The summed E-state index contributed by atoms with van der Waals surface area (Å²) in [6.07, 6.45) is 7.60. The van der Waals surface area contributed by atoms with E-state index in [9.17, 15) is 18.0 Å². The molecule has 1 aliphatic carbocycles. The molecule has 0 aromatic heterocycles. The highest BCUT2D eigenvalue weighted by atomic mass is 32.2. The molecule has 0 heterocycles. The highest BCUT2D eigenvalue weighted by Gasteiger charge is 2.30. The third kappa shape index (κ3) is 8.06. The molecule has 1 fully saturated rings. The molecule has 7 nitrogen and oxygen atoms in total. The van der Waals surface area contributed by atoms with Crippen LogP contribution >= 0.6 is 0 Å². The predicted molar refractivity (Wildman–Crippen MR) is 153 cm³/mol. The molecule has 2 aromatic rings. The third-order valence-electron chi connectivity index (χ3n) is 7.48. The summed E-state index contributed by atoms with van der Waals surface area (Å²) in [4.78, 5) is 28.8. The van der Waals surface area contributed by atoms with E-state index in [1.165, 1.54) is 17.0 Å². The SMILES string of the molecule is CC[C@H](C(=O)NC1CCCCC1)N(Cc1ccccc1C)C(=O)CCCN(c1ccccc1C)S(C)(=O)=O. The second kappa shape index (κ2) is 13.8. The molecule has 1 saturated carbocycles. The second-order valence-corrected chi connectivity index (χ2v) is 12.3. The predicted octanol–water partition coefficient (Wildman–Crippen LogP) is 5.11. The summed E-state index contributed by atoms with van der Waals surface area (Å²) < 4.78 is 26.5. The van der Waals surface area contributed by atoms with E-state index in [1.807, 2.05) is 63.2 Å². The molecule has 1 aliphatic rings. The summed E-state index contributed by atoms with van der Waals surface area (Å²) in [5.74, 6) is -0.240. The van der Waals surface area contributed by atoms with Crippen LogP contribution in [0.4, 0.5) is 5.69 Å². The van der Waals surface area contributed by atoms with Crippen molar-refractivity contribution in [2.45, 2.75) is 90.8 Å². The van der Waals surface area contributed by atoms with Crippen molar-refractivity contribution in [3.8, 4) is 0 Å². The third-order valence-corrected chi connectivity index (χ3v) is 8.66. The topological polar surface area (TPSA) is 86.8 Å². The van der Waals surface area contributed by atoms with Crippen LogP contribution in [0.2, 0.25) is 0 Å². The number of benzene rings is 2. The zero-order valence-electron chi connectivity index (χ0n) is 23.3. The van der Waals surface area contributed by atoms with Crippen molar-refractivity contribution >= 4 is 27.5 Å². The van der Waals surface area contributed by atoms with Gasteiger partial charge in [-0.25, -0.2) is 8.42 Å². The van der Waals surface area contributed by atoms with E-state index in [2.05, 4.69) is 5.32 Å². The molecule has 0 bridgehead atoms. The first-order valence-corrected chi connectivity index (χ1v) is 15.6. The van der Waals surface area contributed by atoms with Crippen molar-refractivity contribution in [1.82, 2.24) is 10.2 Å². The summed E-state index contributed by atoms with van der Waals surface area (Å²) >= 11 is 0. The average Bonchev–Trinajstić information content (AvgIpc) is 2.88. The van der Waals surface area contributed by atoms with Crippen LogP contribution in [0.1, 0.15) is 75.0 Å². The molecule has 0 aliphatic heterocycles. The van der Waals surface area contributed by atoms with Crippen molar-refractivity contribution in [3.05, 3.63) is 65.2 Å². The van der Waals surface area contributed by atoms with Gasteiger partial charge in [0.2, 0.25) is 21.8 Å². The maximum atomic E-state index is 13.7. The number of hydrogen-bond acceptors (Lipinski definition) is 4. The zero-order chi connectivity index (χ0) is 27.7. The van der Waals surface area contributed by atoms with E-state index in [0.29, 0.717) is 25.1 Å². The van der Waals surface area contributed by atoms with Crippen molar-refractivity contribution in [2.24, 2.45) is 0 Å². The Balaban J connectivity index is 1.77. The Labute approximate surface area is 228 Å². The van der Waals surface area contributed by atoms with E-state index in [0.717, 1.165) is 42.4 Å². The van der Waals surface area contributed by atoms with Crippen LogP contribution in [0.5, 0.6) is 0 Å². The molecule has 1 atom stereocenters. The van der Waals surface area contributed by atoms with Crippen molar-refractivity contribution < 1.29 is 18.0 Å². The number of amides is 2. The first kappa shape index (κ1) is 29.7. The first-order chi connectivity index (χ1) is 18.1. The van der Waals surface area contributed by atoms with Crippen molar-refractivity contribution in [3.63, 3.8) is 0 Å². The van der Waals surface area contributed by atoms with Gasteiger partial charge in [-0.3, -0.25) is 13.9 Å². The van der Waals surface area contributed by atoms with Gasteiger partial charge in [0.05, 0.1) is 11.9 Å². The Morgan fingerprint density at radius 3 is 2.21 bits per heavy atom. The standard InChI is InChI=1S/C30H43N3O4S/c1-5-27(30(35)31-26-17-7-6-8-18-26)32(22-25-16-11-9-14-23(25)2)29(34)20-13-21-33(38(4,36)37)28-19-12-10-15-24(28)3/h9-12,14-16,19,26-27H,5-8,13,17-18,20-22H2,1-4H3,(H,31,35)/t27-/m1/s1. The van der Waals surface area contributed by atoms with Gasteiger partial charge < -0.3 is 10.2 Å². The number of carbonyl (C=O) groups is 2. The normalized spacial score (nSPS) is 15.1. The van der Waals surface area contributed by atoms with Crippen LogP contribution in [0, 0.1) is 13.8 Å². The highest BCUT2D eigenvalue weighted by Crippen LogP contribution is 2.24. The molecule has 2 amide bonds. The number of sulfonamides is 1. The van der Waals surface area contributed by atoms with Gasteiger partial charge in [-0.15, -0.1) is 0 Å². The Morgan fingerprint density at radius 1 is 0.974 bits per heavy atom. The summed E-state index contributed by atoms with van der Waals surface area (Å²) in [7, 11) is -3.52. The van der Waals surface area contributed by atoms with E-state index in [4.69, 9.17) is 0 Å². The number of hydrogen-bond donors (Lipinski definition) is 1. The minimum Gasteiger partial charge on any atom is -0.352 e. The molecule has 208 valence electrons. The molecular formula is C30H43N3O4S. The van der Waals surface area contributed by atoms with Crippen LogP contribution in [0.3, 0.4) is 0 Å². The first-order valence-electron chi connectivity index (χ1n) is 13.8. The van der Waals surface area contributed by atoms with Gasteiger partial charge in [-0.05, 0) is 62.3 Å². The van der Waals surface area contributed by atoms with Gasteiger partial charge in [0, 0.05) is 25.6 Å². The van der Waals surface area contributed by atoms with Crippen LogP contribution in [-0.4, -0.2) is 50.0 Å².